The second-order valence-corrected chi connectivity index (χ2v) is 5.21. The standard InChI is InChI=1S/C16H12F3N3O2/c17-16(18,19)10-6-13(15(24)21-8-10)22-14(23)5-9-7-20-12-4-2-1-3-11(9)12/h1-4,6-8,20H,5H2,(H,21,24)(H,22,23). The number of aromatic amines is 2. The number of aromatic nitrogens is 2. The number of carbonyl (C=O) groups excluding carboxylic acids is 1. The lowest BCUT2D eigenvalue weighted by Gasteiger charge is -2.09. The molecule has 0 bridgehead atoms. The number of hydrogen-bond donors (Lipinski definition) is 3. The van der Waals surface area contributed by atoms with E-state index in [4.69, 9.17) is 0 Å². The lowest BCUT2D eigenvalue weighted by atomic mass is 10.1. The summed E-state index contributed by atoms with van der Waals surface area (Å²) < 4.78 is 38.0. The highest BCUT2D eigenvalue weighted by molar-refractivity contribution is 5.95. The Morgan fingerprint density at radius 3 is 2.62 bits per heavy atom. The molecule has 0 unspecified atom stereocenters. The van der Waals surface area contributed by atoms with Gasteiger partial charge in [0.2, 0.25) is 5.91 Å². The summed E-state index contributed by atoms with van der Waals surface area (Å²) >= 11 is 0. The first-order chi connectivity index (χ1) is 11.3. The molecule has 0 radical (unpaired) electrons. The van der Waals surface area contributed by atoms with Gasteiger partial charge in [-0.3, -0.25) is 9.59 Å². The van der Waals surface area contributed by atoms with Crippen LogP contribution in [0, 0.1) is 0 Å². The smallest absolute Gasteiger partial charge is 0.361 e. The van der Waals surface area contributed by atoms with Gasteiger partial charge >= 0.3 is 6.18 Å². The monoisotopic (exact) mass is 335 g/mol. The minimum absolute atomic E-state index is 0.0697. The van der Waals surface area contributed by atoms with Crippen LogP contribution in [0.2, 0.25) is 0 Å². The number of hydrogen-bond acceptors (Lipinski definition) is 2. The van der Waals surface area contributed by atoms with Crippen molar-refractivity contribution in [1.29, 1.82) is 0 Å². The van der Waals surface area contributed by atoms with E-state index in [2.05, 4.69) is 10.3 Å². The Labute approximate surface area is 133 Å². The summed E-state index contributed by atoms with van der Waals surface area (Å²) in [7, 11) is 0. The lowest BCUT2D eigenvalue weighted by Crippen LogP contribution is -2.22. The Morgan fingerprint density at radius 1 is 1.12 bits per heavy atom. The molecular formula is C16H12F3N3O2. The summed E-state index contributed by atoms with van der Waals surface area (Å²) in [5.74, 6) is -0.579. The number of fused-ring (bicyclic) bond motifs is 1. The highest BCUT2D eigenvalue weighted by Crippen LogP contribution is 2.29. The van der Waals surface area contributed by atoms with Crippen molar-refractivity contribution in [3.63, 3.8) is 0 Å². The van der Waals surface area contributed by atoms with Crippen LogP contribution in [0.3, 0.4) is 0 Å². The first-order valence-corrected chi connectivity index (χ1v) is 6.99. The molecule has 1 aromatic carbocycles. The molecule has 5 nitrogen and oxygen atoms in total. The van der Waals surface area contributed by atoms with Crippen molar-refractivity contribution in [3.8, 4) is 0 Å². The van der Waals surface area contributed by atoms with E-state index in [0.29, 0.717) is 17.8 Å². The molecule has 1 amide bonds. The van der Waals surface area contributed by atoms with E-state index < -0.39 is 28.9 Å². The normalized spacial score (nSPS) is 11.6. The second kappa shape index (κ2) is 5.88. The molecule has 0 saturated carbocycles. The maximum absolute atomic E-state index is 12.7. The molecule has 2 aromatic heterocycles. The van der Waals surface area contributed by atoms with Crippen molar-refractivity contribution in [3.05, 3.63) is 64.2 Å². The van der Waals surface area contributed by atoms with Gasteiger partial charge in [0.05, 0.1) is 12.0 Å². The van der Waals surface area contributed by atoms with E-state index in [1.165, 1.54) is 0 Å². The molecule has 124 valence electrons. The van der Waals surface area contributed by atoms with Crippen LogP contribution in [-0.4, -0.2) is 15.9 Å². The average molecular weight is 335 g/mol. The Hall–Kier alpha value is -3.03. The third kappa shape index (κ3) is 3.17. The second-order valence-electron chi connectivity index (χ2n) is 5.21. The molecule has 8 heteroatoms. The molecule has 0 saturated heterocycles. The van der Waals surface area contributed by atoms with E-state index in [1.807, 2.05) is 29.2 Å². The maximum Gasteiger partial charge on any atom is 0.417 e. The molecule has 0 aliphatic rings. The van der Waals surface area contributed by atoms with Crippen molar-refractivity contribution >= 4 is 22.5 Å². The van der Waals surface area contributed by atoms with Crippen LogP contribution in [-0.2, 0) is 17.4 Å². The maximum atomic E-state index is 12.7. The SMILES string of the molecule is O=C(Cc1c[nH]c2ccccc12)Nc1cc(C(F)(F)F)c[nH]c1=O. The summed E-state index contributed by atoms with van der Waals surface area (Å²) in [5, 5.41) is 3.07. The number of rotatable bonds is 3. The first kappa shape index (κ1) is 15.9. The molecule has 0 fully saturated rings. The van der Waals surface area contributed by atoms with Crippen molar-refractivity contribution in [2.75, 3.05) is 5.32 Å². The van der Waals surface area contributed by atoms with Gasteiger partial charge in [-0.2, -0.15) is 13.2 Å². The van der Waals surface area contributed by atoms with Gasteiger partial charge in [0.15, 0.2) is 0 Å². The molecule has 0 spiro atoms. The number of pyridine rings is 1. The Morgan fingerprint density at radius 2 is 1.88 bits per heavy atom. The Bertz CT molecular complexity index is 957. The van der Waals surface area contributed by atoms with E-state index in [1.54, 1.807) is 6.20 Å². The molecule has 0 atom stereocenters. The lowest BCUT2D eigenvalue weighted by molar-refractivity contribution is -0.137. The van der Waals surface area contributed by atoms with Crippen molar-refractivity contribution in [2.45, 2.75) is 12.6 Å². The number of halogens is 3. The number of amides is 1. The predicted molar refractivity (Wildman–Crippen MR) is 82.7 cm³/mol. The molecule has 24 heavy (non-hydrogen) atoms. The quantitative estimate of drug-likeness (QED) is 0.688. The summed E-state index contributed by atoms with van der Waals surface area (Å²) in [6.07, 6.45) is -2.46. The largest absolute Gasteiger partial charge is 0.417 e. The van der Waals surface area contributed by atoms with Gasteiger partial charge in [-0.15, -0.1) is 0 Å². The summed E-state index contributed by atoms with van der Waals surface area (Å²) in [4.78, 5) is 28.7. The fraction of sp³-hybridized carbons (Fsp3) is 0.125. The van der Waals surface area contributed by atoms with Gasteiger partial charge in [-0.05, 0) is 17.7 Å². The molecule has 3 aromatic rings. The van der Waals surface area contributed by atoms with Crippen LogP contribution in [0.4, 0.5) is 18.9 Å². The number of alkyl halides is 3. The Balaban J connectivity index is 1.81. The predicted octanol–water partition coefficient (Wildman–Crippen LogP) is 3.06. The zero-order valence-electron chi connectivity index (χ0n) is 12.2. The minimum Gasteiger partial charge on any atom is -0.361 e. The molecule has 0 aliphatic heterocycles. The number of carbonyl (C=O) groups is 1. The van der Waals surface area contributed by atoms with Crippen LogP contribution in [0.1, 0.15) is 11.1 Å². The number of benzene rings is 1. The minimum atomic E-state index is -4.61. The number of para-hydroxylation sites is 1. The topological polar surface area (TPSA) is 77.8 Å². The zero-order valence-corrected chi connectivity index (χ0v) is 12.2. The average Bonchev–Trinajstić information content (AvgIpc) is 2.91. The molecule has 3 rings (SSSR count). The molecule has 0 aliphatic carbocycles. The molecule has 2 heterocycles. The third-order valence-corrected chi connectivity index (χ3v) is 3.53. The highest BCUT2D eigenvalue weighted by atomic mass is 19.4. The summed E-state index contributed by atoms with van der Waals surface area (Å²) in [6.45, 7) is 0. The first-order valence-electron chi connectivity index (χ1n) is 6.99. The summed E-state index contributed by atoms with van der Waals surface area (Å²) in [5.41, 5.74) is -0.738. The van der Waals surface area contributed by atoms with E-state index in [9.17, 15) is 22.8 Å². The van der Waals surface area contributed by atoms with E-state index >= 15 is 0 Å². The van der Waals surface area contributed by atoms with Crippen molar-refractivity contribution in [1.82, 2.24) is 9.97 Å². The highest BCUT2D eigenvalue weighted by Gasteiger charge is 2.31. The van der Waals surface area contributed by atoms with E-state index in [0.717, 1.165) is 10.9 Å². The molecule has 3 N–H and O–H groups in total. The fourth-order valence-electron chi connectivity index (χ4n) is 2.39. The third-order valence-electron chi connectivity index (χ3n) is 3.53. The summed E-state index contributed by atoms with van der Waals surface area (Å²) in [6, 6.07) is 7.94. The fourth-order valence-corrected chi connectivity index (χ4v) is 2.39. The van der Waals surface area contributed by atoms with Gasteiger partial charge in [0.25, 0.3) is 5.56 Å². The Kier molecular flexibility index (Phi) is 3.88. The van der Waals surface area contributed by atoms with Crippen LogP contribution in [0.15, 0.2) is 47.5 Å². The van der Waals surface area contributed by atoms with Gasteiger partial charge in [0, 0.05) is 23.3 Å². The zero-order chi connectivity index (χ0) is 17.3. The molecular weight excluding hydrogens is 323 g/mol. The van der Waals surface area contributed by atoms with Crippen LogP contribution < -0.4 is 10.9 Å². The van der Waals surface area contributed by atoms with Gasteiger partial charge in [-0.1, -0.05) is 18.2 Å². The van der Waals surface area contributed by atoms with Crippen LogP contribution >= 0.6 is 0 Å². The number of H-pyrrole nitrogens is 2. The number of nitrogens with one attached hydrogen (secondary N) is 3. The van der Waals surface area contributed by atoms with Gasteiger partial charge in [0.1, 0.15) is 5.69 Å². The van der Waals surface area contributed by atoms with Crippen molar-refractivity contribution in [2.24, 2.45) is 0 Å². The van der Waals surface area contributed by atoms with Crippen molar-refractivity contribution < 1.29 is 18.0 Å². The van der Waals surface area contributed by atoms with Crippen LogP contribution in [0.25, 0.3) is 10.9 Å². The van der Waals surface area contributed by atoms with Gasteiger partial charge < -0.3 is 15.3 Å². The number of anilines is 1. The van der Waals surface area contributed by atoms with Gasteiger partial charge in [-0.25, -0.2) is 0 Å². The van der Waals surface area contributed by atoms with Crippen LogP contribution in [0.5, 0.6) is 0 Å². The van der Waals surface area contributed by atoms with E-state index in [-0.39, 0.29) is 6.42 Å².